The molecule has 6 heterocycles. The largest absolute Gasteiger partial charge is 0.313 e. The second kappa shape index (κ2) is 14.5. The van der Waals surface area contributed by atoms with E-state index in [0.29, 0.717) is 5.92 Å². The van der Waals surface area contributed by atoms with Crippen molar-refractivity contribution >= 4 is 148 Å². The van der Waals surface area contributed by atoms with Gasteiger partial charge in [0.05, 0.1) is 44.5 Å². The molecule has 0 bridgehead atoms. The van der Waals surface area contributed by atoms with E-state index >= 15 is 0 Å². The van der Waals surface area contributed by atoms with Crippen LogP contribution < -0.4 is 9.80 Å². The number of hydrogen-bond donors (Lipinski definition) is 0. The van der Waals surface area contributed by atoms with Crippen molar-refractivity contribution in [1.29, 1.82) is 0 Å². The molecule has 0 N–H and O–H groups in total. The number of aromatic nitrogens is 2. The molecular formula is C66H40N4S2. The van der Waals surface area contributed by atoms with Crippen molar-refractivity contribution in [1.82, 2.24) is 8.80 Å². The van der Waals surface area contributed by atoms with Gasteiger partial charge < -0.3 is 18.6 Å². The predicted molar refractivity (Wildman–Crippen MR) is 308 cm³/mol. The molecule has 6 heteroatoms. The number of rotatable bonds is 6. The lowest BCUT2D eigenvalue weighted by Crippen LogP contribution is -2.20. The quantitative estimate of drug-likeness (QED) is 0.165. The molecule has 72 heavy (non-hydrogen) atoms. The Balaban J connectivity index is 0.910. The summed E-state index contributed by atoms with van der Waals surface area (Å²) in [6, 6.07) is 79.3. The monoisotopic (exact) mass is 952 g/mol. The summed E-state index contributed by atoms with van der Waals surface area (Å²) in [5, 5.41) is 12.7. The predicted octanol–water partition coefficient (Wildman–Crippen LogP) is 19.0. The number of hydrogen-bond acceptors (Lipinski definition) is 4. The van der Waals surface area contributed by atoms with E-state index in [-0.39, 0.29) is 0 Å². The van der Waals surface area contributed by atoms with Crippen LogP contribution in [-0.2, 0) is 0 Å². The average Bonchev–Trinajstić information content (AvgIpc) is 4.29. The molecule has 2 aliphatic rings. The van der Waals surface area contributed by atoms with Gasteiger partial charge in [-0.25, -0.2) is 0 Å². The summed E-state index contributed by atoms with van der Waals surface area (Å²) >= 11 is 3.80. The van der Waals surface area contributed by atoms with Gasteiger partial charge in [-0.2, -0.15) is 0 Å². The van der Waals surface area contributed by atoms with Crippen LogP contribution in [0.25, 0.3) is 96.4 Å². The van der Waals surface area contributed by atoms with Gasteiger partial charge in [0.25, 0.3) is 0 Å². The molecule has 1 atom stereocenters. The van der Waals surface area contributed by atoms with Gasteiger partial charge in [-0.05, 0) is 120 Å². The van der Waals surface area contributed by atoms with Crippen LogP contribution in [0.3, 0.4) is 0 Å². The SMILES string of the molecule is C1=C2Sc3ccccc3[C@@H]2CC(N(c2ccccc2)c2ccc3c4cc5c(cc4n4c6ccccc6c2c34)c2ccc(N(c3ccccc3)c3ccc4sc6ccccc6c4c3)c3c4ccccc4n5c23)=C1. The van der Waals surface area contributed by atoms with Crippen LogP contribution in [0, 0.1) is 0 Å². The van der Waals surface area contributed by atoms with E-state index in [2.05, 4.69) is 243 Å². The van der Waals surface area contributed by atoms with Crippen LogP contribution in [0.15, 0.2) is 240 Å². The molecule has 0 amide bonds. The summed E-state index contributed by atoms with van der Waals surface area (Å²) in [5.41, 5.74) is 16.0. The third-order valence-electron chi connectivity index (χ3n) is 15.9. The molecule has 1 aliphatic carbocycles. The number of allylic oxidation sites excluding steroid dienone is 4. The van der Waals surface area contributed by atoms with Crippen molar-refractivity contribution in [3.05, 3.63) is 241 Å². The third-order valence-corrected chi connectivity index (χ3v) is 18.3. The summed E-state index contributed by atoms with van der Waals surface area (Å²) in [6.07, 6.45) is 5.69. The molecule has 0 spiro atoms. The van der Waals surface area contributed by atoms with Crippen LogP contribution in [-0.4, -0.2) is 8.80 Å². The molecule has 1 aliphatic heterocycles. The van der Waals surface area contributed by atoms with Gasteiger partial charge in [-0.3, -0.25) is 0 Å². The van der Waals surface area contributed by atoms with Crippen LogP contribution >= 0.6 is 23.1 Å². The van der Waals surface area contributed by atoms with Crippen molar-refractivity contribution in [3.8, 4) is 0 Å². The fourth-order valence-corrected chi connectivity index (χ4v) is 15.2. The zero-order chi connectivity index (χ0) is 46.8. The molecular weight excluding hydrogens is 913 g/mol. The first kappa shape index (κ1) is 39.2. The molecule has 0 unspecified atom stereocenters. The van der Waals surface area contributed by atoms with E-state index in [0.717, 1.165) is 17.8 Å². The molecule has 5 aromatic heterocycles. The van der Waals surface area contributed by atoms with Gasteiger partial charge in [0.15, 0.2) is 0 Å². The Morgan fingerprint density at radius 1 is 0.389 bits per heavy atom. The molecule has 0 saturated heterocycles. The highest BCUT2D eigenvalue weighted by molar-refractivity contribution is 8.03. The number of nitrogens with zero attached hydrogens (tertiary/aromatic N) is 4. The van der Waals surface area contributed by atoms with Crippen LogP contribution in [0.4, 0.5) is 28.4 Å². The van der Waals surface area contributed by atoms with Crippen LogP contribution in [0.2, 0.25) is 0 Å². The van der Waals surface area contributed by atoms with Crippen molar-refractivity contribution in [2.45, 2.75) is 17.2 Å². The minimum Gasteiger partial charge on any atom is -0.313 e. The minimum atomic E-state index is 0.351. The first-order chi connectivity index (χ1) is 35.7. The van der Waals surface area contributed by atoms with Crippen molar-refractivity contribution in [2.75, 3.05) is 9.80 Å². The van der Waals surface area contributed by atoms with Crippen LogP contribution in [0.1, 0.15) is 17.9 Å². The Morgan fingerprint density at radius 2 is 0.944 bits per heavy atom. The lowest BCUT2D eigenvalue weighted by Gasteiger charge is -2.32. The summed E-state index contributed by atoms with van der Waals surface area (Å²) < 4.78 is 7.74. The zero-order valence-corrected chi connectivity index (χ0v) is 40.4. The third kappa shape index (κ3) is 5.22. The van der Waals surface area contributed by atoms with E-state index in [4.69, 9.17) is 0 Å². The number of thioether (sulfide) groups is 1. The van der Waals surface area contributed by atoms with Crippen molar-refractivity contribution in [2.24, 2.45) is 0 Å². The van der Waals surface area contributed by atoms with Gasteiger partial charge >= 0.3 is 0 Å². The Morgan fingerprint density at radius 3 is 1.62 bits per heavy atom. The number of fused-ring (bicyclic) bond motifs is 18. The second-order valence-corrected chi connectivity index (χ2v) is 21.7. The van der Waals surface area contributed by atoms with E-state index in [9.17, 15) is 0 Å². The molecule has 0 radical (unpaired) electrons. The summed E-state index contributed by atoms with van der Waals surface area (Å²) in [7, 11) is 0. The second-order valence-electron chi connectivity index (χ2n) is 19.5. The first-order valence-corrected chi connectivity index (χ1v) is 26.5. The fourth-order valence-electron chi connectivity index (χ4n) is 12.9. The lowest BCUT2D eigenvalue weighted by molar-refractivity contribution is 0.783. The van der Waals surface area contributed by atoms with Crippen molar-refractivity contribution in [3.63, 3.8) is 0 Å². The smallest absolute Gasteiger partial charge is 0.0641 e. The van der Waals surface area contributed by atoms with Crippen LogP contribution in [0.5, 0.6) is 0 Å². The molecule has 336 valence electrons. The average molecular weight is 953 g/mol. The van der Waals surface area contributed by atoms with Gasteiger partial charge in [0.2, 0.25) is 0 Å². The summed E-state index contributed by atoms with van der Waals surface area (Å²) in [5.74, 6) is 0.351. The van der Waals surface area contributed by atoms with E-state index in [1.165, 1.54) is 134 Å². The highest BCUT2D eigenvalue weighted by Crippen LogP contribution is 2.56. The van der Waals surface area contributed by atoms with E-state index < -0.39 is 0 Å². The number of benzene rings is 10. The standard InChI is InChI=1S/C66H40N4S2/c1-3-15-39(16-4-1)67(41-27-33-61-51(35-41)43-19-9-13-25-59(43)71-61)55-31-29-45-49-37-58-50(38-57(49)69-53-23-11-7-21-47(53)63(55)65(45)69)46-30-32-56(64-48-22-8-12-24-54(48)70(58)66(46)64)68(40-17-5-2-6-18-40)42-28-34-62-52(36-42)44-20-10-14-26-60(44)72-62/h1-35,37-38,52H,36H2/t52-/m0/s1. The Hall–Kier alpha value is -8.55. The van der Waals surface area contributed by atoms with Gasteiger partial charge in [-0.1, -0.05) is 133 Å². The molecule has 0 fully saturated rings. The highest BCUT2D eigenvalue weighted by Gasteiger charge is 2.34. The highest BCUT2D eigenvalue weighted by atomic mass is 32.2. The Bertz CT molecular complexity index is 4830. The topological polar surface area (TPSA) is 15.3 Å². The lowest BCUT2D eigenvalue weighted by atomic mass is 9.90. The number of anilines is 5. The molecule has 10 aromatic carbocycles. The maximum absolute atomic E-state index is 2.57. The molecule has 17 rings (SSSR count). The molecule has 0 saturated carbocycles. The van der Waals surface area contributed by atoms with Gasteiger partial charge in [-0.15, -0.1) is 11.3 Å². The maximum Gasteiger partial charge on any atom is 0.0641 e. The Kier molecular flexibility index (Phi) is 7.90. The molecule has 15 aromatic rings. The Labute approximate surface area is 421 Å². The summed E-state index contributed by atoms with van der Waals surface area (Å²) in [4.78, 5) is 7.85. The minimum absolute atomic E-state index is 0.351. The van der Waals surface area contributed by atoms with E-state index in [1.807, 2.05) is 23.1 Å². The van der Waals surface area contributed by atoms with Gasteiger partial charge in [0.1, 0.15) is 0 Å². The maximum atomic E-state index is 2.57. The first-order valence-electron chi connectivity index (χ1n) is 24.8. The van der Waals surface area contributed by atoms with Gasteiger partial charge in [0, 0.05) is 96.8 Å². The molecule has 4 nitrogen and oxygen atoms in total. The number of thiophene rings is 1. The fraction of sp³-hybridized carbons (Fsp3) is 0.0303. The summed E-state index contributed by atoms with van der Waals surface area (Å²) in [6.45, 7) is 0. The normalized spacial score (nSPS) is 14.9. The van der Waals surface area contributed by atoms with E-state index in [1.54, 1.807) is 0 Å². The van der Waals surface area contributed by atoms with Crippen molar-refractivity contribution < 1.29 is 0 Å². The zero-order valence-electron chi connectivity index (χ0n) is 38.8. The number of para-hydroxylation sites is 4.